The van der Waals surface area contributed by atoms with E-state index >= 15 is 0 Å². The third-order valence-corrected chi connectivity index (χ3v) is 4.99. The summed E-state index contributed by atoms with van der Waals surface area (Å²) in [5.74, 6) is 1.49. The van der Waals surface area contributed by atoms with Crippen molar-refractivity contribution in [1.29, 1.82) is 0 Å². The average molecular weight is 361 g/mol. The lowest BCUT2D eigenvalue weighted by Crippen LogP contribution is -2.44. The van der Waals surface area contributed by atoms with E-state index in [1.54, 1.807) is 12.0 Å². The van der Waals surface area contributed by atoms with Gasteiger partial charge in [-0.05, 0) is 51.4 Å². The molecule has 1 aliphatic rings. The zero-order valence-corrected chi connectivity index (χ0v) is 16.0. The lowest BCUT2D eigenvalue weighted by molar-refractivity contribution is 0.0833. The quantitative estimate of drug-likeness (QED) is 0.879. The van der Waals surface area contributed by atoms with Crippen LogP contribution in [0.5, 0.6) is 11.5 Å². The second kappa shape index (κ2) is 6.55. The number of hydrogen-bond acceptors (Lipinski definition) is 5. The summed E-state index contributed by atoms with van der Waals surface area (Å²) in [6.45, 7) is 8.76. The minimum atomic E-state index is -0.508. The van der Waals surface area contributed by atoms with Crippen molar-refractivity contribution >= 4 is 23.3 Å². The van der Waals surface area contributed by atoms with E-state index in [2.05, 4.69) is 9.69 Å². The van der Waals surface area contributed by atoms with E-state index in [4.69, 9.17) is 9.47 Å². The number of benzene rings is 1. The highest BCUT2D eigenvalue weighted by Crippen LogP contribution is 2.33. The Morgan fingerprint density at radius 2 is 2.16 bits per heavy atom. The Morgan fingerprint density at radius 3 is 2.80 bits per heavy atom. The number of aryl methyl sites for hydroxylation is 2. The third kappa shape index (κ3) is 3.71. The Hall–Kier alpha value is -2.28. The van der Waals surface area contributed by atoms with Crippen molar-refractivity contribution in [2.75, 3.05) is 19.0 Å². The Kier molecular flexibility index (Phi) is 4.60. The summed E-state index contributed by atoms with van der Waals surface area (Å²) in [5.41, 5.74) is 2.09. The molecule has 0 atom stereocenters. The number of amides is 2. The monoisotopic (exact) mass is 361 g/mol. The number of carbonyl (C=O) groups excluding carboxylic acids is 1. The van der Waals surface area contributed by atoms with Crippen LogP contribution in [0.4, 0.5) is 10.5 Å². The molecule has 1 aromatic carbocycles. The predicted octanol–water partition coefficient (Wildman–Crippen LogP) is 3.97. The van der Waals surface area contributed by atoms with Gasteiger partial charge in [-0.15, -0.1) is 0 Å². The van der Waals surface area contributed by atoms with Crippen LogP contribution in [0.3, 0.4) is 0 Å². The smallest absolute Gasteiger partial charge is 0.322 e. The minimum Gasteiger partial charge on any atom is -0.497 e. The van der Waals surface area contributed by atoms with Crippen molar-refractivity contribution in [3.05, 3.63) is 34.3 Å². The van der Waals surface area contributed by atoms with Crippen molar-refractivity contribution in [3.8, 4) is 11.5 Å². The molecule has 0 radical (unpaired) electrons. The van der Waals surface area contributed by atoms with Crippen molar-refractivity contribution in [3.63, 3.8) is 0 Å². The number of carbonyl (C=O) groups is 1. The molecule has 2 amide bonds. The fraction of sp³-hybridized carbons (Fsp3) is 0.444. The van der Waals surface area contributed by atoms with E-state index in [1.165, 1.54) is 11.5 Å². The highest BCUT2D eigenvalue weighted by atomic mass is 32.1. The van der Waals surface area contributed by atoms with E-state index < -0.39 is 5.60 Å². The molecule has 6 nitrogen and oxygen atoms in total. The summed E-state index contributed by atoms with van der Waals surface area (Å²) < 4.78 is 15.7. The molecule has 2 heterocycles. The van der Waals surface area contributed by atoms with Gasteiger partial charge < -0.3 is 19.7 Å². The number of rotatable bonds is 2. The molecule has 7 heteroatoms. The SMILES string of the molecule is COc1ccc2c(c1)OC(C)(C)CN(C(=O)Nc1c(C)nsc1C)C2. The van der Waals surface area contributed by atoms with Gasteiger partial charge in [-0.2, -0.15) is 4.37 Å². The van der Waals surface area contributed by atoms with Crippen molar-refractivity contribution < 1.29 is 14.3 Å². The number of aromatic nitrogens is 1. The molecule has 134 valence electrons. The second-order valence-electron chi connectivity index (χ2n) is 6.82. The van der Waals surface area contributed by atoms with Crippen LogP contribution in [0.15, 0.2) is 18.2 Å². The summed E-state index contributed by atoms with van der Waals surface area (Å²) in [5, 5.41) is 3.00. The van der Waals surface area contributed by atoms with Gasteiger partial charge in [0.05, 0.1) is 31.6 Å². The van der Waals surface area contributed by atoms with Gasteiger partial charge in [0.1, 0.15) is 17.1 Å². The first-order valence-corrected chi connectivity index (χ1v) is 8.91. The van der Waals surface area contributed by atoms with E-state index in [0.29, 0.717) is 13.1 Å². The highest BCUT2D eigenvalue weighted by Gasteiger charge is 2.32. The lowest BCUT2D eigenvalue weighted by atomic mass is 10.1. The minimum absolute atomic E-state index is 0.147. The average Bonchev–Trinajstić information content (AvgIpc) is 2.79. The summed E-state index contributed by atoms with van der Waals surface area (Å²) in [6.07, 6.45) is 0. The van der Waals surface area contributed by atoms with Gasteiger partial charge >= 0.3 is 6.03 Å². The zero-order valence-electron chi connectivity index (χ0n) is 15.2. The third-order valence-electron chi connectivity index (χ3n) is 4.15. The summed E-state index contributed by atoms with van der Waals surface area (Å²) in [6, 6.07) is 5.55. The molecular weight excluding hydrogens is 338 g/mol. The van der Waals surface area contributed by atoms with Crippen LogP contribution >= 0.6 is 11.5 Å². The fourth-order valence-electron chi connectivity index (χ4n) is 2.93. The maximum Gasteiger partial charge on any atom is 0.322 e. The molecule has 0 bridgehead atoms. The highest BCUT2D eigenvalue weighted by molar-refractivity contribution is 7.06. The van der Waals surface area contributed by atoms with Gasteiger partial charge in [0.2, 0.25) is 0 Å². The first kappa shape index (κ1) is 17.5. The molecule has 0 fully saturated rings. The second-order valence-corrected chi connectivity index (χ2v) is 7.80. The van der Waals surface area contributed by atoms with Crippen LogP contribution in [0, 0.1) is 13.8 Å². The number of methoxy groups -OCH3 is 1. The zero-order chi connectivity index (χ0) is 18.2. The molecule has 25 heavy (non-hydrogen) atoms. The molecule has 1 aromatic heterocycles. The molecule has 0 saturated carbocycles. The van der Waals surface area contributed by atoms with Gasteiger partial charge in [-0.1, -0.05) is 0 Å². The van der Waals surface area contributed by atoms with Crippen LogP contribution in [0.2, 0.25) is 0 Å². The van der Waals surface area contributed by atoms with Crippen LogP contribution in [0.25, 0.3) is 0 Å². The van der Waals surface area contributed by atoms with E-state index in [0.717, 1.165) is 33.3 Å². The summed E-state index contributed by atoms with van der Waals surface area (Å²) in [7, 11) is 1.63. The van der Waals surface area contributed by atoms with Crippen LogP contribution < -0.4 is 14.8 Å². The number of ether oxygens (including phenoxy) is 2. The van der Waals surface area contributed by atoms with Crippen molar-refractivity contribution in [2.24, 2.45) is 0 Å². The Bertz CT molecular complexity index is 781. The maximum absolute atomic E-state index is 12.9. The molecule has 1 aliphatic heterocycles. The molecule has 1 N–H and O–H groups in total. The number of fused-ring (bicyclic) bond motifs is 1. The molecule has 0 aliphatic carbocycles. The molecule has 0 spiro atoms. The number of nitrogens with zero attached hydrogens (tertiary/aromatic N) is 2. The van der Waals surface area contributed by atoms with Crippen LogP contribution in [-0.2, 0) is 6.54 Å². The number of nitrogens with one attached hydrogen (secondary N) is 1. The Balaban J connectivity index is 1.87. The van der Waals surface area contributed by atoms with Crippen LogP contribution in [-0.4, -0.2) is 34.6 Å². The standard InChI is InChI=1S/C18H23N3O3S/c1-11-16(12(2)25-20-11)19-17(22)21-9-13-6-7-14(23-5)8-15(13)24-18(3,4)10-21/h6-8H,9-10H2,1-5H3,(H,19,22). The molecule has 0 saturated heterocycles. The largest absolute Gasteiger partial charge is 0.497 e. The number of urea groups is 1. The first-order chi connectivity index (χ1) is 11.8. The van der Waals surface area contributed by atoms with Gasteiger partial charge in [-0.25, -0.2) is 4.79 Å². The van der Waals surface area contributed by atoms with Gasteiger partial charge in [-0.3, -0.25) is 0 Å². The predicted molar refractivity (Wildman–Crippen MR) is 98.7 cm³/mol. The molecular formula is C18H23N3O3S. The molecule has 0 unspecified atom stereocenters. The first-order valence-electron chi connectivity index (χ1n) is 8.14. The summed E-state index contributed by atoms with van der Waals surface area (Å²) >= 11 is 1.39. The van der Waals surface area contributed by atoms with E-state index in [1.807, 2.05) is 45.9 Å². The van der Waals surface area contributed by atoms with Crippen molar-refractivity contribution in [2.45, 2.75) is 39.8 Å². The fourth-order valence-corrected chi connectivity index (χ4v) is 3.58. The van der Waals surface area contributed by atoms with E-state index in [9.17, 15) is 4.79 Å². The maximum atomic E-state index is 12.9. The lowest BCUT2D eigenvalue weighted by Gasteiger charge is -2.29. The van der Waals surface area contributed by atoms with E-state index in [-0.39, 0.29) is 6.03 Å². The van der Waals surface area contributed by atoms with Crippen LogP contribution in [0.1, 0.15) is 30.0 Å². The topological polar surface area (TPSA) is 63.7 Å². The van der Waals surface area contributed by atoms with Gasteiger partial charge in [0.25, 0.3) is 0 Å². The van der Waals surface area contributed by atoms with Gasteiger partial charge in [0, 0.05) is 16.5 Å². The molecule has 3 rings (SSSR count). The molecule has 2 aromatic rings. The van der Waals surface area contributed by atoms with Gasteiger partial charge in [0.15, 0.2) is 0 Å². The normalized spacial score (nSPS) is 15.8. The Morgan fingerprint density at radius 1 is 1.40 bits per heavy atom. The summed E-state index contributed by atoms with van der Waals surface area (Å²) in [4.78, 5) is 15.6. The van der Waals surface area contributed by atoms with Crippen molar-refractivity contribution in [1.82, 2.24) is 9.27 Å². The Labute approximate surface area is 151 Å². The number of anilines is 1. The number of hydrogen-bond donors (Lipinski definition) is 1.